The highest BCUT2D eigenvalue weighted by atomic mass is 32.2. The Labute approximate surface area is 174 Å². The van der Waals surface area contributed by atoms with Gasteiger partial charge < -0.3 is 4.74 Å². The third-order valence-corrected chi connectivity index (χ3v) is 4.46. The summed E-state index contributed by atoms with van der Waals surface area (Å²) in [4.78, 5) is 18.4. The van der Waals surface area contributed by atoms with Crippen LogP contribution in [0, 0.1) is 0 Å². The molecular formula is C23H32N2O2S. The van der Waals surface area contributed by atoms with E-state index in [1.54, 1.807) is 11.2 Å². The average molecular weight is 401 g/mol. The Hall–Kier alpha value is -2.27. The van der Waals surface area contributed by atoms with E-state index < -0.39 is 0 Å². The third kappa shape index (κ3) is 7.04. The van der Waals surface area contributed by atoms with Crippen LogP contribution in [0.4, 0.5) is 4.79 Å². The minimum absolute atomic E-state index is 0.0298. The van der Waals surface area contributed by atoms with Crippen LogP contribution in [0.5, 0.6) is 0 Å². The molecule has 2 aromatic rings. The number of ether oxygens (including phenoxy) is 1. The van der Waals surface area contributed by atoms with E-state index in [1.165, 1.54) is 17.3 Å². The number of nitrogens with zero attached hydrogens (tertiary/aromatic N) is 2. The highest BCUT2D eigenvalue weighted by Crippen LogP contribution is 2.24. The van der Waals surface area contributed by atoms with Crippen LogP contribution in [0.15, 0.2) is 65.7 Å². The van der Waals surface area contributed by atoms with Gasteiger partial charge in [0.05, 0.1) is 12.6 Å². The third-order valence-electron chi connectivity index (χ3n) is 3.89. The van der Waals surface area contributed by atoms with Gasteiger partial charge >= 0.3 is 0 Å². The van der Waals surface area contributed by atoms with E-state index in [2.05, 4.69) is 24.3 Å². The smallest absolute Gasteiger partial charge is 0.295 e. The van der Waals surface area contributed by atoms with Gasteiger partial charge in [0, 0.05) is 0 Å². The van der Waals surface area contributed by atoms with Crippen molar-refractivity contribution < 1.29 is 9.53 Å². The Morgan fingerprint density at radius 3 is 2.18 bits per heavy atom. The molecular weight excluding hydrogens is 368 g/mol. The van der Waals surface area contributed by atoms with Crippen LogP contribution in [0.3, 0.4) is 0 Å². The fourth-order valence-electron chi connectivity index (χ4n) is 2.67. The van der Waals surface area contributed by atoms with Crippen LogP contribution in [-0.4, -0.2) is 35.6 Å². The van der Waals surface area contributed by atoms with E-state index in [0.29, 0.717) is 19.2 Å². The number of rotatable bonds is 4. The molecule has 0 N–H and O–H groups in total. The largest absolute Gasteiger partial charge is 0.463 e. The highest BCUT2D eigenvalue weighted by Gasteiger charge is 2.27. The quantitative estimate of drug-likeness (QED) is 0.614. The summed E-state index contributed by atoms with van der Waals surface area (Å²) in [5.74, 6) is 0. The first-order valence-electron chi connectivity index (χ1n) is 9.93. The molecule has 1 aliphatic rings. The molecule has 0 aromatic heterocycles. The number of thioether (sulfide) groups is 1. The Kier molecular flexibility index (Phi) is 11.7. The van der Waals surface area contributed by atoms with E-state index in [9.17, 15) is 4.79 Å². The molecule has 0 saturated carbocycles. The van der Waals surface area contributed by atoms with Gasteiger partial charge in [-0.3, -0.25) is 9.69 Å². The Bertz CT molecular complexity index is 705. The molecule has 2 aromatic carbocycles. The summed E-state index contributed by atoms with van der Waals surface area (Å²) < 4.78 is 5.62. The molecule has 0 radical (unpaired) electrons. The van der Waals surface area contributed by atoms with E-state index in [1.807, 2.05) is 64.1 Å². The normalized spacial score (nSPS) is 14.9. The maximum Gasteiger partial charge on any atom is 0.295 e. The Morgan fingerprint density at radius 2 is 1.61 bits per heavy atom. The van der Waals surface area contributed by atoms with Crippen molar-refractivity contribution >= 4 is 23.0 Å². The van der Waals surface area contributed by atoms with Crippen molar-refractivity contribution in [2.75, 3.05) is 19.4 Å². The van der Waals surface area contributed by atoms with Crippen molar-refractivity contribution in [1.29, 1.82) is 0 Å². The molecule has 152 valence electrons. The van der Waals surface area contributed by atoms with Crippen LogP contribution in [0.2, 0.25) is 0 Å². The second kappa shape index (κ2) is 13.8. The lowest BCUT2D eigenvalue weighted by Gasteiger charge is -2.17. The summed E-state index contributed by atoms with van der Waals surface area (Å²) in [6, 6.07) is 20.7. The first-order valence-corrected chi connectivity index (χ1v) is 11.2. The summed E-state index contributed by atoms with van der Waals surface area (Å²) in [5.41, 5.74) is 2.32. The van der Waals surface area contributed by atoms with Gasteiger partial charge in [-0.2, -0.15) is 0 Å². The molecule has 3 rings (SSSR count). The molecule has 4 nitrogen and oxygen atoms in total. The summed E-state index contributed by atoms with van der Waals surface area (Å²) in [5, 5.41) is -0.0298. The van der Waals surface area contributed by atoms with E-state index >= 15 is 0 Å². The molecule has 0 bridgehead atoms. The molecule has 1 atom stereocenters. The SMILES string of the molecule is CC.CC.CSC(=O)N1CCOC1=NC(Cc1ccccc1)c1ccccc1. The number of hydrogen-bond acceptors (Lipinski definition) is 4. The number of benzene rings is 2. The first-order chi connectivity index (χ1) is 13.8. The van der Waals surface area contributed by atoms with Crippen LogP contribution in [0.25, 0.3) is 0 Å². The number of carbonyl (C=O) groups excluding carboxylic acids is 1. The summed E-state index contributed by atoms with van der Waals surface area (Å²) >= 11 is 1.18. The lowest BCUT2D eigenvalue weighted by Crippen LogP contribution is -2.29. The van der Waals surface area contributed by atoms with Gasteiger partial charge in [-0.15, -0.1) is 0 Å². The van der Waals surface area contributed by atoms with Crippen molar-refractivity contribution in [2.24, 2.45) is 4.99 Å². The van der Waals surface area contributed by atoms with Crippen molar-refractivity contribution in [3.63, 3.8) is 0 Å². The van der Waals surface area contributed by atoms with Crippen molar-refractivity contribution in [3.05, 3.63) is 71.8 Å². The van der Waals surface area contributed by atoms with Crippen LogP contribution in [-0.2, 0) is 11.2 Å². The van der Waals surface area contributed by atoms with Gasteiger partial charge in [0.2, 0.25) is 0 Å². The zero-order valence-corrected chi connectivity index (χ0v) is 18.4. The summed E-state index contributed by atoms with van der Waals surface area (Å²) in [6.07, 6.45) is 2.54. The zero-order valence-electron chi connectivity index (χ0n) is 17.6. The highest BCUT2D eigenvalue weighted by molar-refractivity contribution is 8.12. The molecule has 1 unspecified atom stereocenters. The maximum atomic E-state index is 12.0. The van der Waals surface area contributed by atoms with Gasteiger partial charge in [0.25, 0.3) is 11.3 Å². The molecule has 0 aliphatic carbocycles. The molecule has 1 fully saturated rings. The van der Waals surface area contributed by atoms with E-state index in [0.717, 1.165) is 12.0 Å². The zero-order chi connectivity index (χ0) is 20.8. The Morgan fingerprint density at radius 1 is 1.04 bits per heavy atom. The van der Waals surface area contributed by atoms with Crippen LogP contribution < -0.4 is 0 Å². The number of amidine groups is 1. The second-order valence-electron chi connectivity index (χ2n) is 5.50. The van der Waals surface area contributed by atoms with E-state index in [-0.39, 0.29) is 11.3 Å². The van der Waals surface area contributed by atoms with Gasteiger partial charge in [0.1, 0.15) is 6.61 Å². The molecule has 1 heterocycles. The molecule has 0 spiro atoms. The number of carbonyl (C=O) groups is 1. The lowest BCUT2D eigenvalue weighted by atomic mass is 9.99. The van der Waals surface area contributed by atoms with Crippen molar-refractivity contribution in [1.82, 2.24) is 4.90 Å². The fraction of sp³-hybridized carbons (Fsp3) is 0.391. The second-order valence-corrected chi connectivity index (χ2v) is 6.26. The number of hydrogen-bond donors (Lipinski definition) is 0. The molecule has 1 saturated heterocycles. The van der Waals surface area contributed by atoms with Gasteiger partial charge in [-0.1, -0.05) is 100 Å². The Balaban J connectivity index is 0.000000921. The molecule has 28 heavy (non-hydrogen) atoms. The van der Waals surface area contributed by atoms with Gasteiger partial charge in [0.15, 0.2) is 0 Å². The van der Waals surface area contributed by atoms with Crippen LogP contribution in [0.1, 0.15) is 44.9 Å². The standard InChI is InChI=1S/C19H20N2O2S.2C2H6/c1-24-19(22)21-12-13-23-18(21)20-17(16-10-6-3-7-11-16)14-15-8-4-2-5-9-15;2*1-2/h2-11,17H,12-14H2,1H3;2*1-2H3. The minimum atomic E-state index is -0.0844. The minimum Gasteiger partial charge on any atom is -0.463 e. The average Bonchev–Trinajstić information content (AvgIpc) is 3.25. The molecule has 5 heteroatoms. The van der Waals surface area contributed by atoms with Crippen molar-refractivity contribution in [2.45, 2.75) is 40.2 Å². The topological polar surface area (TPSA) is 41.9 Å². The number of amides is 1. The van der Waals surface area contributed by atoms with Gasteiger partial charge in [-0.25, -0.2) is 4.99 Å². The summed E-state index contributed by atoms with van der Waals surface area (Å²) in [6.45, 7) is 9.06. The number of aliphatic imine (C=N–C) groups is 1. The molecule has 1 aliphatic heterocycles. The van der Waals surface area contributed by atoms with Crippen molar-refractivity contribution in [3.8, 4) is 0 Å². The van der Waals surface area contributed by atoms with E-state index in [4.69, 9.17) is 9.73 Å². The summed E-state index contributed by atoms with van der Waals surface area (Å²) in [7, 11) is 0. The maximum absolute atomic E-state index is 12.0. The first kappa shape index (κ1) is 23.8. The van der Waals surface area contributed by atoms with Crippen LogP contribution >= 0.6 is 11.8 Å². The molecule has 1 amide bonds. The van der Waals surface area contributed by atoms with Gasteiger partial charge in [-0.05, 0) is 23.8 Å². The monoisotopic (exact) mass is 400 g/mol. The fourth-order valence-corrected chi connectivity index (χ4v) is 3.06. The predicted octanol–water partition coefficient (Wildman–Crippen LogP) is 6.19. The predicted molar refractivity (Wildman–Crippen MR) is 121 cm³/mol. The lowest BCUT2D eigenvalue weighted by molar-refractivity contribution is 0.246.